The van der Waals surface area contributed by atoms with Crippen LogP contribution in [0.2, 0.25) is 10.2 Å². The second-order valence-corrected chi connectivity index (χ2v) is 6.33. The van der Waals surface area contributed by atoms with Crippen LogP contribution in [0, 0.1) is 0 Å². The lowest BCUT2D eigenvalue weighted by Gasteiger charge is -2.13. The molecular weight excluding hydrogens is 500 g/mol. The van der Waals surface area contributed by atoms with Crippen molar-refractivity contribution in [2.45, 2.75) is 13.1 Å². The lowest BCUT2D eigenvalue weighted by molar-refractivity contribution is 0.729. The van der Waals surface area contributed by atoms with Gasteiger partial charge in [0.1, 0.15) is 11.5 Å². The van der Waals surface area contributed by atoms with Crippen LogP contribution in [0.3, 0.4) is 0 Å². The Labute approximate surface area is 184 Å². The van der Waals surface area contributed by atoms with E-state index in [0.717, 1.165) is 17.2 Å². The first-order valence-corrected chi connectivity index (χ1v) is 8.74. The SMILES string of the molecule is CN=C(NCc1nncn1-c1ccccc1)NCc1cc(Cl)c(Cl)n1C.I. The average molecular weight is 520 g/mol. The minimum absolute atomic E-state index is 0. The Morgan fingerprint density at radius 3 is 2.48 bits per heavy atom. The van der Waals surface area contributed by atoms with E-state index in [-0.39, 0.29) is 24.0 Å². The zero-order valence-corrected chi connectivity index (χ0v) is 18.7. The van der Waals surface area contributed by atoms with Gasteiger partial charge in [-0.3, -0.25) is 9.56 Å². The van der Waals surface area contributed by atoms with Crippen LogP contribution in [0.25, 0.3) is 5.69 Å². The number of para-hydroxylation sites is 1. The molecule has 0 aliphatic carbocycles. The minimum atomic E-state index is 0. The van der Waals surface area contributed by atoms with Gasteiger partial charge in [-0.05, 0) is 18.2 Å². The molecule has 27 heavy (non-hydrogen) atoms. The van der Waals surface area contributed by atoms with Crippen molar-refractivity contribution >= 4 is 53.1 Å². The molecule has 7 nitrogen and oxygen atoms in total. The van der Waals surface area contributed by atoms with Crippen molar-refractivity contribution in [2.24, 2.45) is 12.0 Å². The number of halogens is 3. The van der Waals surface area contributed by atoms with Crippen LogP contribution in [0.4, 0.5) is 0 Å². The Bertz CT molecular complexity index is 905. The van der Waals surface area contributed by atoms with Gasteiger partial charge in [-0.15, -0.1) is 34.2 Å². The largest absolute Gasteiger partial charge is 0.351 e. The predicted molar refractivity (Wildman–Crippen MR) is 119 cm³/mol. The third kappa shape index (κ3) is 5.14. The number of guanidine groups is 1. The molecule has 2 aromatic heterocycles. The summed E-state index contributed by atoms with van der Waals surface area (Å²) in [6, 6.07) is 11.8. The van der Waals surface area contributed by atoms with E-state index < -0.39 is 0 Å². The summed E-state index contributed by atoms with van der Waals surface area (Å²) in [5, 5.41) is 15.7. The topological polar surface area (TPSA) is 72.1 Å². The summed E-state index contributed by atoms with van der Waals surface area (Å²) in [6.07, 6.45) is 1.69. The van der Waals surface area contributed by atoms with E-state index in [1.165, 1.54) is 0 Å². The smallest absolute Gasteiger partial charge is 0.191 e. The van der Waals surface area contributed by atoms with Gasteiger partial charge in [-0.1, -0.05) is 41.4 Å². The van der Waals surface area contributed by atoms with Gasteiger partial charge in [0.2, 0.25) is 0 Å². The number of aromatic nitrogens is 4. The van der Waals surface area contributed by atoms with Crippen molar-refractivity contribution < 1.29 is 0 Å². The molecule has 0 radical (unpaired) electrons. The first kappa shape index (κ1) is 21.5. The van der Waals surface area contributed by atoms with E-state index in [4.69, 9.17) is 23.2 Å². The van der Waals surface area contributed by atoms with Gasteiger partial charge in [0.25, 0.3) is 0 Å². The predicted octanol–water partition coefficient (Wildman–Crippen LogP) is 3.40. The zero-order valence-electron chi connectivity index (χ0n) is 14.9. The highest BCUT2D eigenvalue weighted by Gasteiger charge is 2.10. The van der Waals surface area contributed by atoms with Gasteiger partial charge >= 0.3 is 0 Å². The lowest BCUT2D eigenvalue weighted by Crippen LogP contribution is -2.37. The maximum Gasteiger partial charge on any atom is 0.191 e. The fraction of sp³-hybridized carbons (Fsp3) is 0.235. The normalized spacial score (nSPS) is 11.2. The molecular formula is C17H20Cl2IN7. The number of nitrogens with zero attached hydrogens (tertiary/aromatic N) is 5. The molecule has 1 aromatic carbocycles. The van der Waals surface area contributed by atoms with Crippen LogP contribution >= 0.6 is 47.2 Å². The van der Waals surface area contributed by atoms with Gasteiger partial charge in [-0.2, -0.15) is 0 Å². The number of hydrogen-bond donors (Lipinski definition) is 2. The summed E-state index contributed by atoms with van der Waals surface area (Å²) < 4.78 is 3.76. The molecule has 0 saturated heterocycles. The summed E-state index contributed by atoms with van der Waals surface area (Å²) in [7, 11) is 3.58. The van der Waals surface area contributed by atoms with Crippen molar-refractivity contribution in [2.75, 3.05) is 7.05 Å². The summed E-state index contributed by atoms with van der Waals surface area (Å²) in [4.78, 5) is 4.23. The van der Waals surface area contributed by atoms with E-state index in [1.54, 1.807) is 13.4 Å². The zero-order chi connectivity index (χ0) is 18.5. The van der Waals surface area contributed by atoms with E-state index in [9.17, 15) is 0 Å². The standard InChI is InChI=1S/C17H19Cl2N7.HI/c1-20-17(21-9-13-8-14(18)16(19)25(13)2)22-10-15-24-23-11-26(15)12-6-4-3-5-7-12;/h3-8,11H,9-10H2,1-2H3,(H2,20,21,22);1H. The molecule has 2 N–H and O–H groups in total. The molecule has 0 fully saturated rings. The van der Waals surface area contributed by atoms with Crippen molar-refractivity contribution in [3.8, 4) is 5.69 Å². The molecule has 0 aliphatic rings. The highest BCUT2D eigenvalue weighted by atomic mass is 127. The number of aliphatic imine (C=N–C) groups is 1. The molecule has 0 saturated carbocycles. The van der Waals surface area contributed by atoms with E-state index in [0.29, 0.717) is 29.2 Å². The van der Waals surface area contributed by atoms with Crippen molar-refractivity contribution in [3.05, 3.63) is 64.4 Å². The number of nitrogens with one attached hydrogen (secondary N) is 2. The van der Waals surface area contributed by atoms with Crippen LogP contribution in [0.1, 0.15) is 11.5 Å². The fourth-order valence-corrected chi connectivity index (χ4v) is 2.92. The van der Waals surface area contributed by atoms with E-state index in [1.807, 2.05) is 52.6 Å². The lowest BCUT2D eigenvalue weighted by atomic mass is 10.3. The minimum Gasteiger partial charge on any atom is -0.351 e. The van der Waals surface area contributed by atoms with Crippen LogP contribution in [-0.4, -0.2) is 32.3 Å². The molecule has 3 rings (SSSR count). The Hall–Kier alpha value is -1.78. The fourth-order valence-electron chi connectivity index (χ4n) is 2.50. The highest BCUT2D eigenvalue weighted by molar-refractivity contribution is 14.0. The van der Waals surface area contributed by atoms with Gasteiger partial charge in [0.05, 0.1) is 18.1 Å². The molecule has 3 aromatic rings. The van der Waals surface area contributed by atoms with Crippen molar-refractivity contribution in [3.63, 3.8) is 0 Å². The van der Waals surface area contributed by atoms with Crippen molar-refractivity contribution in [1.29, 1.82) is 0 Å². The van der Waals surface area contributed by atoms with Crippen LogP contribution in [0.5, 0.6) is 0 Å². The van der Waals surface area contributed by atoms with E-state index >= 15 is 0 Å². The summed E-state index contributed by atoms with van der Waals surface area (Å²) in [5.41, 5.74) is 1.96. The second-order valence-electron chi connectivity index (χ2n) is 5.57. The third-order valence-electron chi connectivity index (χ3n) is 3.94. The van der Waals surface area contributed by atoms with Gasteiger partial charge in [0, 0.05) is 25.5 Å². The second kappa shape index (κ2) is 9.95. The monoisotopic (exact) mass is 519 g/mol. The van der Waals surface area contributed by atoms with Crippen molar-refractivity contribution in [1.82, 2.24) is 30.0 Å². The Balaban J connectivity index is 0.00000261. The number of rotatable bonds is 5. The van der Waals surface area contributed by atoms with Gasteiger partial charge in [0.15, 0.2) is 11.8 Å². The third-order valence-corrected chi connectivity index (χ3v) is 4.78. The molecule has 0 unspecified atom stereocenters. The molecule has 144 valence electrons. The quantitative estimate of drug-likeness (QED) is 0.308. The first-order chi connectivity index (χ1) is 12.6. The molecule has 0 bridgehead atoms. The highest BCUT2D eigenvalue weighted by Crippen LogP contribution is 2.24. The van der Waals surface area contributed by atoms with Crippen LogP contribution in [-0.2, 0) is 20.1 Å². The molecule has 10 heteroatoms. The molecule has 0 atom stereocenters. The van der Waals surface area contributed by atoms with Crippen LogP contribution in [0.15, 0.2) is 47.7 Å². The Morgan fingerprint density at radius 1 is 1.15 bits per heavy atom. The number of benzene rings is 1. The molecule has 0 spiro atoms. The molecule has 0 aliphatic heterocycles. The molecule has 0 amide bonds. The van der Waals surface area contributed by atoms with Gasteiger partial charge < -0.3 is 15.2 Å². The Morgan fingerprint density at radius 2 is 1.85 bits per heavy atom. The summed E-state index contributed by atoms with van der Waals surface area (Å²) in [6.45, 7) is 1.01. The molecule has 2 heterocycles. The Kier molecular flexibility index (Phi) is 7.93. The summed E-state index contributed by atoms with van der Waals surface area (Å²) in [5.74, 6) is 1.42. The van der Waals surface area contributed by atoms with Gasteiger partial charge in [-0.25, -0.2) is 0 Å². The maximum absolute atomic E-state index is 6.09. The first-order valence-electron chi connectivity index (χ1n) is 7.98. The van der Waals surface area contributed by atoms with E-state index in [2.05, 4.69) is 25.8 Å². The number of hydrogen-bond acceptors (Lipinski definition) is 3. The summed E-state index contributed by atoms with van der Waals surface area (Å²) >= 11 is 12.1. The average Bonchev–Trinajstić information content (AvgIpc) is 3.23. The van der Waals surface area contributed by atoms with Crippen LogP contribution < -0.4 is 10.6 Å². The maximum atomic E-state index is 6.09.